The van der Waals surface area contributed by atoms with E-state index < -0.39 is 0 Å². The Morgan fingerprint density at radius 3 is 2.41 bits per heavy atom. The van der Waals surface area contributed by atoms with Gasteiger partial charge in [0.05, 0.1) is 19.2 Å². The molecule has 6 nitrogen and oxygen atoms in total. The van der Waals surface area contributed by atoms with Gasteiger partial charge in [0, 0.05) is 50.2 Å². The van der Waals surface area contributed by atoms with Crippen molar-refractivity contribution in [1.29, 1.82) is 0 Å². The lowest BCUT2D eigenvalue weighted by Gasteiger charge is -2.32. The number of nitrogens with one attached hydrogen (secondary N) is 1. The molecule has 0 unspecified atom stereocenters. The highest BCUT2D eigenvalue weighted by Crippen LogP contribution is 2.24. The molecule has 2 heterocycles. The molecule has 32 heavy (non-hydrogen) atoms. The molecular formula is C25H30N4O2S. The maximum atomic E-state index is 12.3. The maximum Gasteiger partial charge on any atom is 0.226 e. The summed E-state index contributed by atoms with van der Waals surface area (Å²) in [5, 5.41) is 5.89. The topological polar surface area (TPSA) is 57.7 Å². The average Bonchev–Trinajstić information content (AvgIpc) is 3.28. The number of hydrogen-bond donors (Lipinski definition) is 1. The number of aromatic nitrogens is 1. The Morgan fingerprint density at radius 1 is 1.03 bits per heavy atom. The average molecular weight is 451 g/mol. The number of thiazole rings is 1. The molecule has 0 bridgehead atoms. The van der Waals surface area contributed by atoms with Crippen molar-refractivity contribution in [2.75, 3.05) is 40.3 Å². The van der Waals surface area contributed by atoms with Crippen LogP contribution in [-0.2, 0) is 24.3 Å². The van der Waals surface area contributed by atoms with Gasteiger partial charge in [-0.15, -0.1) is 11.3 Å². The van der Waals surface area contributed by atoms with E-state index in [2.05, 4.69) is 51.4 Å². The number of nitrogens with zero attached hydrogens (tertiary/aromatic N) is 3. The number of carbonyl (C=O) groups excluding carboxylic acids is 1. The lowest BCUT2D eigenvalue weighted by molar-refractivity contribution is -0.120. The lowest BCUT2D eigenvalue weighted by Crippen LogP contribution is -2.43. The molecule has 1 fully saturated rings. The lowest BCUT2D eigenvalue weighted by atomic mass is 10.1. The van der Waals surface area contributed by atoms with Crippen LogP contribution < -0.4 is 10.1 Å². The van der Waals surface area contributed by atoms with Crippen LogP contribution in [0.2, 0.25) is 0 Å². The summed E-state index contributed by atoms with van der Waals surface area (Å²) in [5.74, 6) is 0.780. The Kier molecular flexibility index (Phi) is 7.52. The zero-order chi connectivity index (χ0) is 22.3. The van der Waals surface area contributed by atoms with Crippen molar-refractivity contribution in [3.8, 4) is 16.3 Å². The van der Waals surface area contributed by atoms with E-state index in [1.807, 2.05) is 29.6 Å². The smallest absolute Gasteiger partial charge is 0.226 e. The van der Waals surface area contributed by atoms with Gasteiger partial charge in [-0.1, -0.05) is 36.4 Å². The van der Waals surface area contributed by atoms with Gasteiger partial charge < -0.3 is 15.0 Å². The number of likely N-dealkylation sites (N-methyl/N-ethyl adjacent to an activating group) is 1. The first kappa shape index (κ1) is 22.5. The number of methoxy groups -OCH3 is 1. The number of hydrogen-bond acceptors (Lipinski definition) is 6. The van der Waals surface area contributed by atoms with Crippen molar-refractivity contribution in [1.82, 2.24) is 20.1 Å². The number of ether oxygens (including phenoxy) is 1. The molecule has 1 amide bonds. The zero-order valence-electron chi connectivity index (χ0n) is 18.7. The monoisotopic (exact) mass is 450 g/mol. The fraction of sp³-hybridized carbons (Fsp3) is 0.360. The highest BCUT2D eigenvalue weighted by Gasteiger charge is 2.14. The summed E-state index contributed by atoms with van der Waals surface area (Å²) in [6.45, 7) is 5.99. The Morgan fingerprint density at radius 2 is 1.72 bits per heavy atom. The second-order valence-corrected chi connectivity index (χ2v) is 9.08. The van der Waals surface area contributed by atoms with Gasteiger partial charge in [0.1, 0.15) is 10.8 Å². The minimum atomic E-state index is -0.0276. The number of rotatable bonds is 8. The minimum Gasteiger partial charge on any atom is -0.497 e. The van der Waals surface area contributed by atoms with Crippen molar-refractivity contribution >= 4 is 17.2 Å². The molecule has 3 aromatic rings. The molecule has 0 radical (unpaired) electrons. The molecular weight excluding hydrogens is 420 g/mol. The molecule has 0 spiro atoms. The van der Waals surface area contributed by atoms with E-state index in [0.717, 1.165) is 60.3 Å². The Bertz CT molecular complexity index is 1010. The van der Waals surface area contributed by atoms with Gasteiger partial charge in [-0.05, 0) is 30.3 Å². The highest BCUT2D eigenvalue weighted by atomic mass is 32.1. The van der Waals surface area contributed by atoms with Crippen LogP contribution in [0.15, 0.2) is 53.9 Å². The summed E-state index contributed by atoms with van der Waals surface area (Å²) in [7, 11) is 3.82. The molecule has 1 N–H and O–H groups in total. The second-order valence-electron chi connectivity index (χ2n) is 8.22. The van der Waals surface area contributed by atoms with E-state index in [0.29, 0.717) is 6.54 Å². The fourth-order valence-corrected chi connectivity index (χ4v) is 4.53. The van der Waals surface area contributed by atoms with Crippen LogP contribution >= 0.6 is 11.3 Å². The van der Waals surface area contributed by atoms with Crippen molar-refractivity contribution in [3.63, 3.8) is 0 Å². The van der Waals surface area contributed by atoms with Crippen LogP contribution in [0.3, 0.4) is 0 Å². The van der Waals surface area contributed by atoms with E-state index in [1.54, 1.807) is 18.4 Å². The van der Waals surface area contributed by atoms with Gasteiger partial charge in [-0.25, -0.2) is 4.98 Å². The molecule has 4 rings (SSSR count). The molecule has 7 heteroatoms. The van der Waals surface area contributed by atoms with Crippen LogP contribution in [0, 0.1) is 0 Å². The quantitative estimate of drug-likeness (QED) is 0.570. The van der Waals surface area contributed by atoms with Crippen LogP contribution in [-0.4, -0.2) is 61.0 Å². The summed E-state index contributed by atoms with van der Waals surface area (Å²) < 4.78 is 5.16. The van der Waals surface area contributed by atoms with Crippen LogP contribution in [0.1, 0.15) is 16.8 Å². The van der Waals surface area contributed by atoms with E-state index in [9.17, 15) is 4.79 Å². The van der Waals surface area contributed by atoms with E-state index >= 15 is 0 Å². The number of amides is 1. The summed E-state index contributed by atoms with van der Waals surface area (Å²) in [6.07, 6.45) is 0.286. The molecule has 168 valence electrons. The first-order valence-corrected chi connectivity index (χ1v) is 11.8. The van der Waals surface area contributed by atoms with Gasteiger partial charge in [0.25, 0.3) is 0 Å². The molecule has 1 aliphatic rings. The number of benzene rings is 2. The van der Waals surface area contributed by atoms with Crippen molar-refractivity contribution in [3.05, 3.63) is 70.7 Å². The SMILES string of the molecule is COc1ccc(CNC(=O)Cc2csc(-c3ccc(CN4CCN(C)CC4)cc3)n2)cc1. The highest BCUT2D eigenvalue weighted by molar-refractivity contribution is 7.13. The van der Waals surface area contributed by atoms with Gasteiger partial charge in [0.2, 0.25) is 5.91 Å². The van der Waals surface area contributed by atoms with Crippen molar-refractivity contribution in [2.24, 2.45) is 0 Å². The van der Waals surface area contributed by atoms with Gasteiger partial charge >= 0.3 is 0 Å². The van der Waals surface area contributed by atoms with Gasteiger partial charge in [0.15, 0.2) is 0 Å². The summed E-state index contributed by atoms with van der Waals surface area (Å²) >= 11 is 1.58. The molecule has 0 saturated carbocycles. The van der Waals surface area contributed by atoms with E-state index in [1.165, 1.54) is 5.56 Å². The first-order valence-electron chi connectivity index (χ1n) is 10.9. The predicted molar refractivity (Wildman–Crippen MR) is 129 cm³/mol. The zero-order valence-corrected chi connectivity index (χ0v) is 19.5. The summed E-state index contributed by atoms with van der Waals surface area (Å²) in [5.41, 5.74) is 4.27. The van der Waals surface area contributed by atoms with E-state index in [-0.39, 0.29) is 12.3 Å². The first-order chi connectivity index (χ1) is 15.6. The van der Waals surface area contributed by atoms with Crippen molar-refractivity contribution < 1.29 is 9.53 Å². The second kappa shape index (κ2) is 10.7. The molecule has 1 saturated heterocycles. The third-order valence-electron chi connectivity index (χ3n) is 5.75. The van der Waals surface area contributed by atoms with Crippen molar-refractivity contribution in [2.45, 2.75) is 19.5 Å². The normalized spacial score (nSPS) is 14.9. The Labute approximate surface area is 193 Å². The van der Waals surface area contributed by atoms with Crippen LogP contribution in [0.5, 0.6) is 5.75 Å². The summed E-state index contributed by atoms with van der Waals surface area (Å²) in [4.78, 5) is 21.9. The number of carbonyl (C=O) groups is 1. The van der Waals surface area contributed by atoms with E-state index in [4.69, 9.17) is 4.74 Å². The predicted octanol–water partition coefficient (Wildman–Crippen LogP) is 3.43. The fourth-order valence-electron chi connectivity index (χ4n) is 3.71. The molecule has 0 aliphatic carbocycles. The largest absolute Gasteiger partial charge is 0.497 e. The standard InChI is InChI=1S/C25H30N4O2S/c1-28-11-13-29(14-12-28)17-20-3-7-21(8-4-20)25-27-22(18-32-25)15-24(30)26-16-19-5-9-23(31-2)10-6-19/h3-10,18H,11-17H2,1-2H3,(H,26,30). The molecule has 2 aromatic carbocycles. The van der Waals surface area contributed by atoms with Gasteiger partial charge in [-0.3, -0.25) is 9.69 Å². The molecule has 1 aromatic heterocycles. The maximum absolute atomic E-state index is 12.3. The summed E-state index contributed by atoms with van der Waals surface area (Å²) in [6, 6.07) is 16.3. The Balaban J connectivity index is 1.27. The van der Waals surface area contributed by atoms with Gasteiger partial charge in [-0.2, -0.15) is 0 Å². The Hall–Kier alpha value is -2.74. The third-order valence-corrected chi connectivity index (χ3v) is 6.69. The minimum absolute atomic E-state index is 0.0276. The molecule has 0 atom stereocenters. The van der Waals surface area contributed by atoms with Crippen LogP contribution in [0.4, 0.5) is 0 Å². The number of piperazine rings is 1. The molecule has 1 aliphatic heterocycles. The third kappa shape index (κ3) is 6.16. The van der Waals surface area contributed by atoms with Crippen LogP contribution in [0.25, 0.3) is 10.6 Å².